The summed E-state index contributed by atoms with van der Waals surface area (Å²) in [6, 6.07) is 5.21. The Bertz CT molecular complexity index is 372. The second kappa shape index (κ2) is 2.56. The van der Waals surface area contributed by atoms with Gasteiger partial charge in [-0.15, -0.1) is 0 Å². The average molecular weight is 191 g/mol. The summed E-state index contributed by atoms with van der Waals surface area (Å²) in [5.41, 5.74) is 1.00. The van der Waals surface area contributed by atoms with Gasteiger partial charge in [-0.2, -0.15) is 0 Å². The molecule has 3 nitrogen and oxygen atoms in total. The Hall–Kier alpha value is -1.38. The van der Waals surface area contributed by atoms with Crippen LogP contribution in [0.15, 0.2) is 18.2 Å². The fourth-order valence-corrected chi connectivity index (χ4v) is 2.12. The molecule has 0 bridgehead atoms. The third kappa shape index (κ3) is 1.05. The van der Waals surface area contributed by atoms with Crippen LogP contribution in [0.1, 0.15) is 19.3 Å². The molecule has 1 aliphatic heterocycles. The molecule has 0 aromatic heterocycles. The van der Waals surface area contributed by atoms with Crippen LogP contribution in [0.2, 0.25) is 0 Å². The molecule has 1 spiro atoms. The van der Waals surface area contributed by atoms with Gasteiger partial charge in [-0.3, -0.25) is 0 Å². The van der Waals surface area contributed by atoms with Crippen molar-refractivity contribution in [1.82, 2.24) is 0 Å². The molecular weight excluding hydrogens is 178 g/mol. The van der Waals surface area contributed by atoms with Crippen LogP contribution in [0.25, 0.3) is 0 Å². The van der Waals surface area contributed by atoms with E-state index in [4.69, 9.17) is 4.74 Å². The molecule has 1 fully saturated rings. The largest absolute Gasteiger partial charge is 0.508 e. The molecule has 0 saturated heterocycles. The normalized spacial score (nSPS) is 21.7. The molecule has 0 radical (unpaired) electrons. The standard InChI is InChI=1S/C11H13NO2/c13-8-2-3-9-10(6-8)14-11(7-12-9)4-1-5-11/h2-3,6,12-13H,1,4-5,7H2. The molecule has 1 saturated carbocycles. The first-order valence-electron chi connectivity index (χ1n) is 5.03. The van der Waals surface area contributed by atoms with Crippen molar-refractivity contribution in [3.05, 3.63) is 18.2 Å². The molecule has 3 rings (SSSR count). The van der Waals surface area contributed by atoms with Crippen molar-refractivity contribution in [1.29, 1.82) is 0 Å². The Labute approximate surface area is 82.7 Å². The monoisotopic (exact) mass is 191 g/mol. The maximum absolute atomic E-state index is 9.34. The minimum Gasteiger partial charge on any atom is -0.508 e. The van der Waals surface area contributed by atoms with Gasteiger partial charge in [0, 0.05) is 6.07 Å². The van der Waals surface area contributed by atoms with E-state index < -0.39 is 0 Å². The van der Waals surface area contributed by atoms with Gasteiger partial charge in [0.1, 0.15) is 17.1 Å². The SMILES string of the molecule is Oc1ccc2c(c1)OC1(CCC1)CN2. The average Bonchev–Trinajstić information content (AvgIpc) is 2.14. The van der Waals surface area contributed by atoms with Crippen LogP contribution in [0.4, 0.5) is 5.69 Å². The highest BCUT2D eigenvalue weighted by molar-refractivity contribution is 5.61. The van der Waals surface area contributed by atoms with Crippen LogP contribution in [-0.4, -0.2) is 17.3 Å². The zero-order chi connectivity index (χ0) is 9.60. The molecule has 0 unspecified atom stereocenters. The Kier molecular flexibility index (Phi) is 1.46. The number of phenolic OH excluding ortho intramolecular Hbond substituents is 1. The first-order valence-corrected chi connectivity index (χ1v) is 5.03. The van der Waals surface area contributed by atoms with Crippen molar-refractivity contribution in [2.75, 3.05) is 11.9 Å². The smallest absolute Gasteiger partial charge is 0.147 e. The van der Waals surface area contributed by atoms with E-state index in [2.05, 4.69) is 5.32 Å². The fraction of sp³-hybridized carbons (Fsp3) is 0.455. The van der Waals surface area contributed by atoms with Crippen molar-refractivity contribution in [2.45, 2.75) is 24.9 Å². The van der Waals surface area contributed by atoms with Crippen molar-refractivity contribution in [2.24, 2.45) is 0 Å². The zero-order valence-electron chi connectivity index (χ0n) is 7.92. The van der Waals surface area contributed by atoms with Crippen molar-refractivity contribution >= 4 is 5.69 Å². The van der Waals surface area contributed by atoms with E-state index in [9.17, 15) is 5.11 Å². The molecule has 1 aromatic rings. The third-order valence-corrected chi connectivity index (χ3v) is 3.16. The van der Waals surface area contributed by atoms with Gasteiger partial charge in [0.2, 0.25) is 0 Å². The fourth-order valence-electron chi connectivity index (χ4n) is 2.12. The lowest BCUT2D eigenvalue weighted by atomic mass is 9.79. The highest BCUT2D eigenvalue weighted by Crippen LogP contribution is 2.43. The molecule has 1 aliphatic carbocycles. The number of aromatic hydroxyl groups is 1. The molecule has 2 N–H and O–H groups in total. The Morgan fingerprint density at radius 2 is 2.21 bits per heavy atom. The third-order valence-electron chi connectivity index (χ3n) is 3.16. The van der Waals surface area contributed by atoms with Crippen LogP contribution in [0.3, 0.4) is 0 Å². The van der Waals surface area contributed by atoms with Gasteiger partial charge in [-0.25, -0.2) is 0 Å². The van der Waals surface area contributed by atoms with Crippen molar-refractivity contribution in [3.63, 3.8) is 0 Å². The highest BCUT2D eigenvalue weighted by atomic mass is 16.5. The minimum atomic E-state index is 0.0147. The maximum atomic E-state index is 9.34. The molecule has 0 amide bonds. The number of nitrogens with one attached hydrogen (secondary N) is 1. The van der Waals surface area contributed by atoms with Crippen molar-refractivity contribution < 1.29 is 9.84 Å². The number of anilines is 1. The van der Waals surface area contributed by atoms with Crippen molar-refractivity contribution in [3.8, 4) is 11.5 Å². The van der Waals surface area contributed by atoms with Gasteiger partial charge < -0.3 is 15.2 Å². The first kappa shape index (κ1) is 7.97. The van der Waals surface area contributed by atoms with Gasteiger partial charge >= 0.3 is 0 Å². The summed E-state index contributed by atoms with van der Waals surface area (Å²) < 4.78 is 5.91. The molecule has 1 aromatic carbocycles. The van der Waals surface area contributed by atoms with Gasteiger partial charge in [-0.05, 0) is 31.4 Å². The maximum Gasteiger partial charge on any atom is 0.147 e. The predicted octanol–water partition coefficient (Wildman–Crippen LogP) is 2.12. The number of ether oxygens (including phenoxy) is 1. The summed E-state index contributed by atoms with van der Waals surface area (Å²) in [5, 5.41) is 12.7. The Balaban J connectivity index is 1.96. The number of fused-ring (bicyclic) bond motifs is 1. The molecule has 1 heterocycles. The van der Waals surface area contributed by atoms with Gasteiger partial charge in [0.05, 0.1) is 12.2 Å². The molecule has 3 heteroatoms. The minimum absolute atomic E-state index is 0.0147. The molecule has 0 atom stereocenters. The van der Waals surface area contributed by atoms with E-state index >= 15 is 0 Å². The van der Waals surface area contributed by atoms with Crippen LogP contribution < -0.4 is 10.1 Å². The quantitative estimate of drug-likeness (QED) is 0.617. The summed E-state index contributed by atoms with van der Waals surface area (Å²) in [6.45, 7) is 0.894. The second-order valence-electron chi connectivity index (χ2n) is 4.17. The van der Waals surface area contributed by atoms with E-state index in [1.807, 2.05) is 6.07 Å². The van der Waals surface area contributed by atoms with E-state index in [0.717, 1.165) is 30.8 Å². The number of benzene rings is 1. The molecule has 74 valence electrons. The zero-order valence-corrected chi connectivity index (χ0v) is 7.92. The highest BCUT2D eigenvalue weighted by Gasteiger charge is 2.42. The van der Waals surface area contributed by atoms with E-state index in [-0.39, 0.29) is 11.4 Å². The number of hydrogen-bond donors (Lipinski definition) is 2. The van der Waals surface area contributed by atoms with Gasteiger partial charge in [-0.1, -0.05) is 0 Å². The summed E-state index contributed by atoms with van der Waals surface area (Å²) in [7, 11) is 0. The van der Waals surface area contributed by atoms with E-state index in [1.54, 1.807) is 12.1 Å². The van der Waals surface area contributed by atoms with Gasteiger partial charge in [0.25, 0.3) is 0 Å². The predicted molar refractivity (Wildman–Crippen MR) is 53.8 cm³/mol. The Morgan fingerprint density at radius 3 is 2.93 bits per heavy atom. The lowest BCUT2D eigenvalue weighted by Crippen LogP contribution is -2.51. The van der Waals surface area contributed by atoms with Crippen LogP contribution in [-0.2, 0) is 0 Å². The summed E-state index contributed by atoms with van der Waals surface area (Å²) in [4.78, 5) is 0. The Morgan fingerprint density at radius 1 is 1.36 bits per heavy atom. The van der Waals surface area contributed by atoms with E-state index in [0.29, 0.717) is 0 Å². The lowest BCUT2D eigenvalue weighted by molar-refractivity contribution is 0.0000605. The molecule has 2 aliphatic rings. The second-order valence-corrected chi connectivity index (χ2v) is 4.17. The van der Waals surface area contributed by atoms with Crippen LogP contribution in [0.5, 0.6) is 11.5 Å². The topological polar surface area (TPSA) is 41.5 Å². The van der Waals surface area contributed by atoms with E-state index in [1.165, 1.54) is 6.42 Å². The molecule has 14 heavy (non-hydrogen) atoms. The van der Waals surface area contributed by atoms with Gasteiger partial charge in [0.15, 0.2) is 0 Å². The van der Waals surface area contributed by atoms with Crippen LogP contribution in [0, 0.1) is 0 Å². The summed E-state index contributed by atoms with van der Waals surface area (Å²) in [6.07, 6.45) is 3.49. The lowest BCUT2D eigenvalue weighted by Gasteiger charge is -2.45. The first-order chi connectivity index (χ1) is 6.77. The van der Waals surface area contributed by atoms with Crippen LogP contribution >= 0.6 is 0 Å². The molecular formula is C11H13NO2. The number of rotatable bonds is 0. The number of hydrogen-bond acceptors (Lipinski definition) is 3. The number of phenols is 1. The summed E-state index contributed by atoms with van der Waals surface area (Å²) in [5.74, 6) is 1.05. The summed E-state index contributed by atoms with van der Waals surface area (Å²) >= 11 is 0.